The maximum atomic E-state index is 11.8. The van der Waals surface area contributed by atoms with Gasteiger partial charge in [0.2, 0.25) is 0 Å². The molecule has 1 aliphatic rings. The standard InChI is InChI=1S/C18H29N5O8.C9H11N5O5S2/c1-18(2,31)17(30)21-6-4-12(15(26)27)23-11(14(24)25)3-5-20-13(16(28)29)7-10-8-19-9-22-10;1-3-6(8(16)14(3)21(17,18)19)13-7(15)5(10)4-2-20-9(11)12-4/h8-9,11-13,20,23,31H,3-7H2,1-2H3,(H,19,22)(H,21,30)(H,24,25)(H,26,27)(H,28,29);2-3,6,10H,1H3,(H2,11,12)(H,13,15)(H,17,18,19)/t11-,12-,13?;3-,6?/m00/s1. The molecule has 1 fully saturated rings. The lowest BCUT2D eigenvalue weighted by Crippen LogP contribution is -2.71. The van der Waals surface area contributed by atoms with Gasteiger partial charge in [-0.15, -0.1) is 11.3 Å². The Labute approximate surface area is 299 Å². The normalized spacial score (nSPS) is 17.4. The number of rotatable bonds is 19. The molecule has 2 aromatic rings. The van der Waals surface area contributed by atoms with Crippen molar-refractivity contribution in [1.82, 2.24) is 40.5 Å². The van der Waals surface area contributed by atoms with Crippen molar-refractivity contribution in [2.24, 2.45) is 0 Å². The molecule has 3 rings (SSSR count). The summed E-state index contributed by atoms with van der Waals surface area (Å²) < 4.78 is 30.9. The predicted molar refractivity (Wildman–Crippen MR) is 179 cm³/mol. The molecule has 2 unspecified atom stereocenters. The summed E-state index contributed by atoms with van der Waals surface area (Å²) in [5.41, 5.74) is 3.92. The molecular formula is C27H40N10O13S2. The second-order valence-corrected chi connectivity index (χ2v) is 13.9. The van der Waals surface area contributed by atoms with Crippen molar-refractivity contribution in [3.8, 4) is 0 Å². The van der Waals surface area contributed by atoms with E-state index in [4.69, 9.17) is 15.7 Å². The molecule has 0 spiro atoms. The molecule has 1 aliphatic heterocycles. The van der Waals surface area contributed by atoms with Crippen LogP contribution < -0.4 is 27.0 Å². The molecule has 3 heterocycles. The number of carboxylic acid groups (broad SMARTS) is 3. The summed E-state index contributed by atoms with van der Waals surface area (Å²) in [6.45, 7) is 3.79. The van der Waals surface area contributed by atoms with Crippen LogP contribution in [0.25, 0.3) is 0 Å². The monoisotopic (exact) mass is 776 g/mol. The molecule has 1 saturated heterocycles. The minimum atomic E-state index is -4.65. The van der Waals surface area contributed by atoms with Gasteiger partial charge in [0, 0.05) is 30.2 Å². The smallest absolute Gasteiger partial charge is 0.362 e. The van der Waals surface area contributed by atoms with Crippen LogP contribution in [0.15, 0.2) is 17.9 Å². The van der Waals surface area contributed by atoms with Crippen LogP contribution in [0.3, 0.4) is 0 Å². The van der Waals surface area contributed by atoms with Crippen LogP contribution in [-0.4, -0.2) is 143 Å². The lowest BCUT2D eigenvalue weighted by molar-refractivity contribution is -0.144. The average molecular weight is 777 g/mol. The number of carbonyl (C=O) groups excluding carboxylic acids is 3. The second kappa shape index (κ2) is 18.4. The van der Waals surface area contributed by atoms with E-state index in [-0.39, 0.29) is 47.5 Å². The molecule has 23 nitrogen and oxygen atoms in total. The Morgan fingerprint density at radius 3 is 2.10 bits per heavy atom. The number of hydrogen-bond donors (Lipinski definition) is 12. The number of aromatic amines is 1. The fourth-order valence-corrected chi connectivity index (χ4v) is 5.88. The quantitative estimate of drug-likeness (QED) is 0.0379. The van der Waals surface area contributed by atoms with Gasteiger partial charge in [-0.3, -0.25) is 44.0 Å². The number of aliphatic hydroxyl groups is 1. The number of amides is 3. The van der Waals surface area contributed by atoms with Gasteiger partial charge in [0.1, 0.15) is 41.2 Å². The molecule has 288 valence electrons. The van der Waals surface area contributed by atoms with Crippen LogP contribution in [0.2, 0.25) is 0 Å². The third-order valence-electron chi connectivity index (χ3n) is 7.25. The number of β-lactam (4-membered cyclic amide) rings is 1. The molecule has 5 atom stereocenters. The zero-order chi connectivity index (χ0) is 39.6. The van der Waals surface area contributed by atoms with E-state index in [0.717, 1.165) is 11.3 Å². The summed E-state index contributed by atoms with van der Waals surface area (Å²) in [5, 5.41) is 56.7. The number of carbonyl (C=O) groups is 6. The van der Waals surface area contributed by atoms with E-state index in [0.29, 0.717) is 5.69 Å². The first kappa shape index (κ1) is 43.1. The van der Waals surface area contributed by atoms with Crippen molar-refractivity contribution >= 4 is 68.1 Å². The summed E-state index contributed by atoms with van der Waals surface area (Å²) in [5.74, 6) is -6.27. The molecule has 2 aromatic heterocycles. The first-order chi connectivity index (χ1) is 24.0. The van der Waals surface area contributed by atoms with E-state index in [1.54, 1.807) is 0 Å². The molecule has 52 heavy (non-hydrogen) atoms. The maximum absolute atomic E-state index is 11.8. The van der Waals surface area contributed by atoms with Crippen molar-refractivity contribution in [1.29, 1.82) is 5.41 Å². The second-order valence-electron chi connectivity index (χ2n) is 11.7. The van der Waals surface area contributed by atoms with E-state index in [2.05, 4.69) is 36.2 Å². The fraction of sp³-hybridized carbons (Fsp3) is 0.519. The Kier molecular flexibility index (Phi) is 15.3. The van der Waals surface area contributed by atoms with Crippen LogP contribution in [0.5, 0.6) is 0 Å². The van der Waals surface area contributed by atoms with Gasteiger partial charge in [0.15, 0.2) is 5.13 Å². The van der Waals surface area contributed by atoms with Crippen molar-refractivity contribution in [3.05, 3.63) is 29.3 Å². The Morgan fingerprint density at radius 2 is 1.65 bits per heavy atom. The fourth-order valence-electron chi connectivity index (χ4n) is 4.45. The molecule has 3 amide bonds. The Bertz CT molecular complexity index is 1730. The van der Waals surface area contributed by atoms with Crippen LogP contribution in [0.4, 0.5) is 5.13 Å². The van der Waals surface area contributed by atoms with Gasteiger partial charge in [0.25, 0.3) is 17.7 Å². The highest BCUT2D eigenvalue weighted by atomic mass is 32.2. The zero-order valence-electron chi connectivity index (χ0n) is 27.9. The third kappa shape index (κ3) is 12.6. The number of aliphatic carboxylic acids is 3. The Balaban J connectivity index is 0.000000386. The number of nitrogens with one attached hydrogen (secondary N) is 6. The average Bonchev–Trinajstić information content (AvgIpc) is 3.72. The SMILES string of the molecule is CC(C)(O)C(=O)NCC[C@H](N[C@@H](CCNC(Cc1cnc[nH]1)C(=O)O)C(=O)O)C(=O)O.C[C@H]1C(NC(=O)C(=N)c2csc(N)n2)C(=O)N1S(=O)(=O)O. The minimum absolute atomic E-state index is 0.00313. The number of anilines is 1. The molecular weight excluding hydrogens is 736 g/mol. The van der Waals surface area contributed by atoms with E-state index in [9.17, 15) is 57.6 Å². The number of imidazole rings is 1. The van der Waals surface area contributed by atoms with E-state index < -0.39 is 87.5 Å². The van der Waals surface area contributed by atoms with Gasteiger partial charge in [-0.05, 0) is 40.2 Å². The largest absolute Gasteiger partial charge is 0.480 e. The van der Waals surface area contributed by atoms with E-state index in [1.165, 1.54) is 38.7 Å². The van der Waals surface area contributed by atoms with E-state index in [1.807, 2.05) is 0 Å². The summed E-state index contributed by atoms with van der Waals surface area (Å²) in [4.78, 5) is 79.7. The summed E-state index contributed by atoms with van der Waals surface area (Å²) in [6.07, 6.45) is 2.80. The first-order valence-corrected chi connectivity index (χ1v) is 17.4. The summed E-state index contributed by atoms with van der Waals surface area (Å²) in [6, 6.07) is -5.59. The van der Waals surface area contributed by atoms with Crippen LogP contribution in [-0.2, 0) is 45.5 Å². The van der Waals surface area contributed by atoms with Gasteiger partial charge in [-0.1, -0.05) is 0 Å². The molecule has 0 bridgehead atoms. The van der Waals surface area contributed by atoms with Crippen molar-refractivity contribution in [2.75, 3.05) is 18.8 Å². The topological polar surface area (TPSA) is 381 Å². The number of nitrogens with two attached hydrogens (primary N) is 1. The van der Waals surface area contributed by atoms with Gasteiger partial charge in [-0.25, -0.2) is 14.3 Å². The van der Waals surface area contributed by atoms with Gasteiger partial charge in [0.05, 0.1) is 12.4 Å². The van der Waals surface area contributed by atoms with Gasteiger partial charge < -0.3 is 47.1 Å². The Morgan fingerprint density at radius 1 is 1.08 bits per heavy atom. The molecule has 13 N–H and O–H groups in total. The van der Waals surface area contributed by atoms with Crippen molar-refractivity contribution in [2.45, 2.75) is 75.8 Å². The first-order valence-electron chi connectivity index (χ1n) is 15.1. The highest BCUT2D eigenvalue weighted by molar-refractivity contribution is 7.84. The Hall–Kier alpha value is -5.08. The number of aromatic nitrogens is 3. The van der Waals surface area contributed by atoms with Gasteiger partial charge >= 0.3 is 28.2 Å². The third-order valence-corrected chi connectivity index (χ3v) is 8.93. The molecule has 0 radical (unpaired) electrons. The summed E-state index contributed by atoms with van der Waals surface area (Å²) >= 11 is 1.05. The highest BCUT2D eigenvalue weighted by Crippen LogP contribution is 2.23. The zero-order valence-corrected chi connectivity index (χ0v) is 29.5. The molecule has 0 aliphatic carbocycles. The summed E-state index contributed by atoms with van der Waals surface area (Å²) in [7, 11) is -4.65. The van der Waals surface area contributed by atoms with Crippen molar-refractivity contribution < 1.29 is 62.2 Å². The molecule has 0 saturated carbocycles. The van der Waals surface area contributed by atoms with Crippen molar-refractivity contribution in [3.63, 3.8) is 0 Å². The predicted octanol–water partition coefficient (Wildman–Crippen LogP) is -3.23. The number of H-pyrrole nitrogens is 1. The maximum Gasteiger partial charge on any atom is 0.362 e. The number of nitrogen functional groups attached to an aromatic ring is 1. The van der Waals surface area contributed by atoms with E-state index >= 15 is 0 Å². The van der Waals surface area contributed by atoms with Gasteiger partial charge in [-0.2, -0.15) is 8.42 Å². The van der Waals surface area contributed by atoms with Crippen LogP contribution >= 0.6 is 11.3 Å². The minimum Gasteiger partial charge on any atom is -0.480 e. The number of carboxylic acids is 3. The number of nitrogens with zero attached hydrogens (tertiary/aromatic N) is 3. The lowest BCUT2D eigenvalue weighted by atomic mass is 10.0. The van der Waals surface area contributed by atoms with Crippen LogP contribution in [0.1, 0.15) is 45.0 Å². The van der Waals surface area contributed by atoms with Crippen LogP contribution in [0, 0.1) is 5.41 Å². The lowest BCUT2D eigenvalue weighted by Gasteiger charge is -2.42. The molecule has 0 aromatic carbocycles. The number of hydrogen-bond acceptors (Lipinski definition) is 16. The highest BCUT2D eigenvalue weighted by Gasteiger charge is 2.51. The number of thiazole rings is 1. The molecule has 25 heteroatoms.